The van der Waals surface area contributed by atoms with Gasteiger partial charge in [0.05, 0.1) is 10.6 Å². The lowest BCUT2D eigenvalue weighted by Gasteiger charge is -2.09. The molecule has 2 rings (SSSR count). The summed E-state index contributed by atoms with van der Waals surface area (Å²) < 4.78 is 13.8. The molecule has 0 saturated carbocycles. The number of nitrogen functional groups attached to an aromatic ring is 1. The number of nitro groups is 1. The Morgan fingerprint density at radius 3 is 2.53 bits per heavy atom. The van der Waals surface area contributed by atoms with Crippen molar-refractivity contribution in [3.63, 3.8) is 0 Å². The van der Waals surface area contributed by atoms with Gasteiger partial charge >= 0.3 is 0 Å². The van der Waals surface area contributed by atoms with Gasteiger partial charge in [-0.1, -0.05) is 30.3 Å². The van der Waals surface area contributed by atoms with E-state index in [0.717, 1.165) is 5.56 Å². The fourth-order valence-corrected chi connectivity index (χ4v) is 1.67. The summed E-state index contributed by atoms with van der Waals surface area (Å²) >= 11 is 0. The monoisotopic (exact) mass is 261 g/mol. The average Bonchev–Trinajstić information content (AvgIpc) is 2.41. The molecule has 0 heterocycles. The lowest BCUT2D eigenvalue weighted by molar-refractivity contribution is -0.384. The van der Waals surface area contributed by atoms with E-state index in [1.165, 1.54) is 12.1 Å². The summed E-state index contributed by atoms with van der Waals surface area (Å²) in [5.41, 5.74) is 5.63. The first-order valence-corrected chi connectivity index (χ1v) is 5.59. The number of rotatable bonds is 4. The van der Waals surface area contributed by atoms with Crippen molar-refractivity contribution in [3.05, 3.63) is 64.0 Å². The Hall–Kier alpha value is -2.63. The Bertz CT molecular complexity index is 602. The number of nitrogens with two attached hydrogens (primary N) is 1. The van der Waals surface area contributed by atoms with Crippen LogP contribution in [0.4, 0.5) is 21.5 Å². The van der Waals surface area contributed by atoms with Crippen LogP contribution in [0.3, 0.4) is 0 Å². The molecule has 0 atom stereocenters. The second-order valence-electron chi connectivity index (χ2n) is 3.96. The summed E-state index contributed by atoms with van der Waals surface area (Å²) in [7, 11) is 0. The highest BCUT2D eigenvalue weighted by molar-refractivity contribution is 5.67. The van der Waals surface area contributed by atoms with E-state index in [9.17, 15) is 14.5 Å². The number of nitrogens with one attached hydrogen (secondary N) is 1. The minimum atomic E-state index is -0.801. The van der Waals surface area contributed by atoms with Crippen molar-refractivity contribution in [2.24, 2.45) is 0 Å². The van der Waals surface area contributed by atoms with Gasteiger partial charge in [-0.3, -0.25) is 10.1 Å². The van der Waals surface area contributed by atoms with Crippen LogP contribution in [0, 0.1) is 15.9 Å². The number of nitrogens with zero attached hydrogens (tertiary/aromatic N) is 1. The van der Waals surface area contributed by atoms with E-state index in [1.54, 1.807) is 0 Å². The second kappa shape index (κ2) is 5.34. The van der Waals surface area contributed by atoms with Crippen LogP contribution in [0.2, 0.25) is 0 Å². The molecule has 0 aliphatic rings. The minimum Gasteiger partial charge on any atom is -0.391 e. The summed E-state index contributed by atoms with van der Waals surface area (Å²) in [6.07, 6.45) is 0. The molecule has 0 amide bonds. The van der Waals surface area contributed by atoms with Crippen LogP contribution in [0.1, 0.15) is 5.56 Å². The summed E-state index contributed by atoms with van der Waals surface area (Å²) in [5, 5.41) is 13.5. The minimum absolute atomic E-state index is 0.145. The third-order valence-electron chi connectivity index (χ3n) is 2.68. The Kier molecular flexibility index (Phi) is 3.61. The molecule has 5 nitrogen and oxygen atoms in total. The van der Waals surface area contributed by atoms with Gasteiger partial charge in [0.15, 0.2) is 5.82 Å². The smallest absolute Gasteiger partial charge is 0.295 e. The first-order valence-electron chi connectivity index (χ1n) is 5.59. The third kappa shape index (κ3) is 2.79. The predicted molar refractivity (Wildman–Crippen MR) is 71.2 cm³/mol. The summed E-state index contributed by atoms with van der Waals surface area (Å²) in [5.74, 6) is -0.801. The molecule has 0 fully saturated rings. The Labute approximate surface area is 109 Å². The highest BCUT2D eigenvalue weighted by Gasteiger charge is 2.18. The van der Waals surface area contributed by atoms with Crippen LogP contribution in [0.15, 0.2) is 42.5 Å². The van der Waals surface area contributed by atoms with Gasteiger partial charge in [0.25, 0.3) is 5.69 Å². The Morgan fingerprint density at radius 2 is 1.89 bits per heavy atom. The van der Waals surface area contributed by atoms with Crippen LogP contribution >= 0.6 is 0 Å². The molecule has 0 aliphatic heterocycles. The van der Waals surface area contributed by atoms with Crippen molar-refractivity contribution in [2.75, 3.05) is 11.1 Å². The van der Waals surface area contributed by atoms with Gasteiger partial charge in [0.2, 0.25) is 0 Å². The summed E-state index contributed by atoms with van der Waals surface area (Å²) in [4.78, 5) is 9.89. The number of halogens is 1. The highest BCUT2D eigenvalue weighted by Crippen LogP contribution is 2.29. The normalized spacial score (nSPS) is 10.2. The molecule has 6 heteroatoms. The molecule has 0 unspecified atom stereocenters. The van der Waals surface area contributed by atoms with Gasteiger partial charge in [-0.2, -0.15) is 0 Å². The molecule has 0 saturated heterocycles. The van der Waals surface area contributed by atoms with Crippen molar-refractivity contribution in [1.29, 1.82) is 0 Å². The standard InChI is InChI=1S/C13H12FN3O2/c14-12-10(6-7-11(13(12)15)17(18)19)16-8-9-4-2-1-3-5-9/h1-7,16H,8,15H2. The molecule has 0 bridgehead atoms. The number of hydrogen-bond acceptors (Lipinski definition) is 4. The van der Waals surface area contributed by atoms with E-state index in [2.05, 4.69) is 5.32 Å². The van der Waals surface area contributed by atoms with E-state index < -0.39 is 22.1 Å². The van der Waals surface area contributed by atoms with Crippen molar-refractivity contribution < 1.29 is 9.31 Å². The first-order chi connectivity index (χ1) is 9.09. The van der Waals surface area contributed by atoms with Crippen LogP contribution in [0.25, 0.3) is 0 Å². The van der Waals surface area contributed by atoms with Crippen molar-refractivity contribution in [2.45, 2.75) is 6.54 Å². The molecular weight excluding hydrogens is 249 g/mol. The zero-order valence-electron chi connectivity index (χ0n) is 9.97. The topological polar surface area (TPSA) is 81.2 Å². The quantitative estimate of drug-likeness (QED) is 0.503. The lowest BCUT2D eigenvalue weighted by Crippen LogP contribution is -2.05. The number of anilines is 2. The van der Waals surface area contributed by atoms with Crippen LogP contribution in [0.5, 0.6) is 0 Å². The summed E-state index contributed by atoms with van der Waals surface area (Å²) in [6, 6.07) is 11.9. The third-order valence-corrected chi connectivity index (χ3v) is 2.68. The van der Waals surface area contributed by atoms with Crippen molar-refractivity contribution in [3.8, 4) is 0 Å². The van der Waals surface area contributed by atoms with Gasteiger partial charge in [-0.15, -0.1) is 0 Å². The van der Waals surface area contributed by atoms with E-state index in [-0.39, 0.29) is 5.69 Å². The molecule has 0 aliphatic carbocycles. The van der Waals surface area contributed by atoms with Gasteiger partial charge < -0.3 is 11.1 Å². The summed E-state index contributed by atoms with van der Waals surface area (Å²) in [6.45, 7) is 0.412. The number of nitro benzene ring substituents is 1. The van der Waals surface area contributed by atoms with Crippen LogP contribution < -0.4 is 11.1 Å². The fourth-order valence-electron chi connectivity index (χ4n) is 1.67. The molecule has 2 aromatic rings. The van der Waals surface area contributed by atoms with Crippen LogP contribution in [-0.2, 0) is 6.54 Å². The molecule has 0 spiro atoms. The predicted octanol–water partition coefficient (Wildman–Crippen LogP) is 2.93. The van der Waals surface area contributed by atoms with E-state index >= 15 is 0 Å². The molecule has 0 aromatic heterocycles. The highest BCUT2D eigenvalue weighted by atomic mass is 19.1. The maximum atomic E-state index is 13.8. The molecule has 3 N–H and O–H groups in total. The van der Waals surface area contributed by atoms with E-state index in [1.807, 2.05) is 30.3 Å². The maximum absolute atomic E-state index is 13.8. The Balaban J connectivity index is 2.18. The van der Waals surface area contributed by atoms with Gasteiger partial charge in [-0.25, -0.2) is 4.39 Å². The van der Waals surface area contributed by atoms with Crippen molar-refractivity contribution in [1.82, 2.24) is 0 Å². The average molecular weight is 261 g/mol. The first kappa shape index (κ1) is 12.8. The fraction of sp³-hybridized carbons (Fsp3) is 0.0769. The number of benzene rings is 2. The van der Waals surface area contributed by atoms with Gasteiger partial charge in [-0.05, 0) is 11.6 Å². The SMILES string of the molecule is Nc1c([N+](=O)[O-])ccc(NCc2ccccc2)c1F. The van der Waals surface area contributed by atoms with Gasteiger partial charge in [0.1, 0.15) is 5.69 Å². The van der Waals surface area contributed by atoms with Crippen molar-refractivity contribution >= 4 is 17.1 Å². The maximum Gasteiger partial charge on any atom is 0.295 e. The zero-order chi connectivity index (χ0) is 13.8. The molecule has 98 valence electrons. The van der Waals surface area contributed by atoms with Gasteiger partial charge in [0, 0.05) is 12.6 Å². The molecule has 0 radical (unpaired) electrons. The molecule has 19 heavy (non-hydrogen) atoms. The second-order valence-corrected chi connectivity index (χ2v) is 3.96. The largest absolute Gasteiger partial charge is 0.391 e. The molecule has 2 aromatic carbocycles. The lowest BCUT2D eigenvalue weighted by atomic mass is 10.2. The van der Waals surface area contributed by atoms with E-state index in [0.29, 0.717) is 6.54 Å². The number of hydrogen-bond donors (Lipinski definition) is 2. The van der Waals surface area contributed by atoms with Crippen LogP contribution in [-0.4, -0.2) is 4.92 Å². The zero-order valence-corrected chi connectivity index (χ0v) is 9.97. The molecular formula is C13H12FN3O2. The Morgan fingerprint density at radius 1 is 1.21 bits per heavy atom. The van der Waals surface area contributed by atoms with E-state index in [4.69, 9.17) is 5.73 Å².